The first-order chi connectivity index (χ1) is 51.1. The molecule has 8 nitrogen and oxygen atoms in total. The Balaban J connectivity index is 0.827. The van der Waals surface area contributed by atoms with Gasteiger partial charge in [0, 0.05) is 77.1 Å². The molecule has 4 aromatic heterocycles. The smallest absolute Gasteiger partial charge is 0.164 e. The SMILES string of the molecule is CC1(C)c2ccccc2-c2ccc3c(c21)c1ccccc1n3-c1ccc(-c2ccccc2-c2ccccc2-c2ccc(-n3c4ccccc4c4c5c(ccc43)-c3ccccc3C5(C)C)cc2-c2nc(-c3ccccc3)nc(-c3ccccc3)n2)c(-c2nc(-c3ccccc3)nc(-c3ccccc3)n2)c1. The van der Waals surface area contributed by atoms with Crippen LogP contribution in [0.25, 0.3) is 179 Å². The minimum absolute atomic E-state index is 0.245. The normalized spacial score (nSPS) is 13.2. The highest BCUT2D eigenvalue weighted by Gasteiger charge is 2.40. The quantitative estimate of drug-likeness (QED) is 0.128. The Morgan fingerprint density at radius 1 is 0.212 bits per heavy atom. The highest BCUT2D eigenvalue weighted by molar-refractivity contribution is 6.16. The van der Waals surface area contributed by atoms with Gasteiger partial charge in [0.1, 0.15) is 0 Å². The van der Waals surface area contributed by atoms with E-state index in [9.17, 15) is 0 Å². The summed E-state index contributed by atoms with van der Waals surface area (Å²) in [6.07, 6.45) is 0. The first-order valence-corrected chi connectivity index (χ1v) is 35.7. The van der Waals surface area contributed by atoms with Crippen LogP contribution in [-0.4, -0.2) is 39.0 Å². The van der Waals surface area contributed by atoms with Crippen molar-refractivity contribution in [1.82, 2.24) is 39.0 Å². The molecule has 8 heteroatoms. The highest BCUT2D eigenvalue weighted by atomic mass is 15.1. The summed E-state index contributed by atoms with van der Waals surface area (Å²) in [5, 5.41) is 4.93. The first-order valence-electron chi connectivity index (χ1n) is 35.7. The molecule has 0 atom stereocenters. The topological polar surface area (TPSA) is 87.2 Å². The maximum atomic E-state index is 5.54. The average Bonchev–Trinajstić information content (AvgIpc) is 1.54. The molecule has 2 aliphatic carbocycles. The van der Waals surface area contributed by atoms with Gasteiger partial charge in [-0.05, 0) is 126 Å². The van der Waals surface area contributed by atoms with E-state index in [-0.39, 0.29) is 10.8 Å². The summed E-state index contributed by atoms with van der Waals surface area (Å²) in [5.74, 6) is 3.43. The minimum Gasteiger partial charge on any atom is -0.309 e. The number of aromatic nitrogens is 8. The number of benzene rings is 14. The molecule has 0 N–H and O–H groups in total. The Morgan fingerprint density at radius 2 is 0.481 bits per heavy atom. The van der Waals surface area contributed by atoms with E-state index in [0.29, 0.717) is 34.9 Å². The van der Waals surface area contributed by atoms with Gasteiger partial charge < -0.3 is 9.13 Å². The van der Waals surface area contributed by atoms with Crippen molar-refractivity contribution >= 4 is 43.6 Å². The van der Waals surface area contributed by atoms with Gasteiger partial charge in [0.25, 0.3) is 0 Å². The summed E-state index contributed by atoms with van der Waals surface area (Å²) in [6.45, 7) is 9.52. The zero-order valence-electron chi connectivity index (χ0n) is 57.8. The molecule has 20 rings (SSSR count). The van der Waals surface area contributed by atoms with E-state index in [1.54, 1.807) is 0 Å². The second-order valence-electron chi connectivity index (χ2n) is 28.4. The van der Waals surface area contributed by atoms with E-state index in [1.807, 2.05) is 72.8 Å². The van der Waals surface area contributed by atoms with Crippen LogP contribution in [0.15, 0.2) is 328 Å². The molecule has 0 spiro atoms. The lowest BCUT2D eigenvalue weighted by Gasteiger charge is -2.23. The zero-order valence-corrected chi connectivity index (χ0v) is 57.8. The van der Waals surface area contributed by atoms with Crippen LogP contribution in [0.3, 0.4) is 0 Å². The van der Waals surface area contributed by atoms with Crippen molar-refractivity contribution in [3.8, 4) is 135 Å². The van der Waals surface area contributed by atoms with Gasteiger partial charge in [-0.15, -0.1) is 0 Å². The van der Waals surface area contributed by atoms with Gasteiger partial charge in [0.2, 0.25) is 0 Å². The maximum Gasteiger partial charge on any atom is 0.164 e. The Labute approximate surface area is 602 Å². The van der Waals surface area contributed by atoms with Crippen molar-refractivity contribution in [3.63, 3.8) is 0 Å². The molecule has 0 unspecified atom stereocenters. The van der Waals surface area contributed by atoms with Gasteiger partial charge in [-0.1, -0.05) is 307 Å². The molecule has 2 aliphatic rings. The Morgan fingerprint density at radius 3 is 0.827 bits per heavy atom. The number of para-hydroxylation sites is 2. The van der Waals surface area contributed by atoms with E-state index in [4.69, 9.17) is 29.9 Å². The minimum atomic E-state index is -0.245. The summed E-state index contributed by atoms with van der Waals surface area (Å²) >= 11 is 0. The summed E-state index contributed by atoms with van der Waals surface area (Å²) in [7, 11) is 0. The lowest BCUT2D eigenvalue weighted by atomic mass is 9.80. The van der Waals surface area contributed by atoms with Crippen LogP contribution in [-0.2, 0) is 10.8 Å². The average molecular weight is 1330 g/mol. The third-order valence-electron chi connectivity index (χ3n) is 21.8. The number of hydrogen-bond donors (Lipinski definition) is 0. The lowest BCUT2D eigenvalue weighted by molar-refractivity contribution is 0.666. The van der Waals surface area contributed by atoms with Crippen LogP contribution in [0.5, 0.6) is 0 Å². The fraction of sp³-hybridized carbons (Fsp3) is 0.0625. The largest absolute Gasteiger partial charge is 0.309 e. The summed E-state index contributed by atoms with van der Waals surface area (Å²) < 4.78 is 4.89. The monoisotopic (exact) mass is 1330 g/mol. The molecule has 0 saturated heterocycles. The number of nitrogens with zero attached hydrogens (tertiary/aromatic N) is 8. The van der Waals surface area contributed by atoms with Crippen molar-refractivity contribution in [2.75, 3.05) is 0 Å². The molecule has 104 heavy (non-hydrogen) atoms. The third-order valence-corrected chi connectivity index (χ3v) is 21.8. The van der Waals surface area contributed by atoms with Gasteiger partial charge in [-0.3, -0.25) is 0 Å². The van der Waals surface area contributed by atoms with Crippen molar-refractivity contribution in [3.05, 3.63) is 350 Å². The third kappa shape index (κ3) is 9.45. The second kappa shape index (κ2) is 23.7. The molecule has 0 saturated carbocycles. The van der Waals surface area contributed by atoms with Crippen LogP contribution in [0.4, 0.5) is 0 Å². The molecule has 0 bridgehead atoms. The number of fused-ring (bicyclic) bond motifs is 14. The number of rotatable bonds is 11. The molecule has 0 fully saturated rings. The molecule has 14 aromatic carbocycles. The van der Waals surface area contributed by atoms with Gasteiger partial charge in [0.15, 0.2) is 34.9 Å². The van der Waals surface area contributed by atoms with E-state index in [1.165, 1.54) is 66.1 Å². The van der Waals surface area contributed by atoms with E-state index >= 15 is 0 Å². The van der Waals surface area contributed by atoms with Crippen LogP contribution in [0, 0.1) is 0 Å². The Kier molecular flexibility index (Phi) is 13.8. The predicted molar refractivity (Wildman–Crippen MR) is 426 cm³/mol. The van der Waals surface area contributed by atoms with Gasteiger partial charge in [-0.2, -0.15) is 0 Å². The summed E-state index contributed by atoms with van der Waals surface area (Å²) in [4.78, 5) is 32.7. The van der Waals surface area contributed by atoms with Crippen LogP contribution < -0.4 is 0 Å². The molecule has 18 aromatic rings. The van der Waals surface area contributed by atoms with Crippen LogP contribution in [0.1, 0.15) is 49.9 Å². The molecule has 4 heterocycles. The molecule has 490 valence electrons. The van der Waals surface area contributed by atoms with Crippen molar-refractivity contribution < 1.29 is 0 Å². The van der Waals surface area contributed by atoms with Gasteiger partial charge in [-0.25, -0.2) is 29.9 Å². The zero-order chi connectivity index (χ0) is 69.4. The van der Waals surface area contributed by atoms with Gasteiger partial charge in [0.05, 0.1) is 22.1 Å². The van der Waals surface area contributed by atoms with Crippen LogP contribution >= 0.6 is 0 Å². The molecule has 0 amide bonds. The van der Waals surface area contributed by atoms with Crippen LogP contribution in [0.2, 0.25) is 0 Å². The molecular weight excluding hydrogens is 1270 g/mol. The predicted octanol–water partition coefficient (Wildman–Crippen LogP) is 23.9. The second-order valence-corrected chi connectivity index (χ2v) is 28.4. The fourth-order valence-corrected chi connectivity index (χ4v) is 17.2. The van der Waals surface area contributed by atoms with E-state index in [2.05, 4.69) is 292 Å². The van der Waals surface area contributed by atoms with E-state index in [0.717, 1.165) is 100 Å². The molecule has 0 aliphatic heterocycles. The van der Waals surface area contributed by atoms with Crippen molar-refractivity contribution in [2.45, 2.75) is 38.5 Å². The van der Waals surface area contributed by atoms with Crippen molar-refractivity contribution in [2.24, 2.45) is 0 Å². The van der Waals surface area contributed by atoms with Crippen molar-refractivity contribution in [1.29, 1.82) is 0 Å². The van der Waals surface area contributed by atoms with E-state index < -0.39 is 0 Å². The first kappa shape index (κ1) is 60.6. The standard InChI is InChI=1S/C96H66N8/c1-95(2)79-45-25-21-41-71(79)73-53-55-83-85(87(73)95)75-43-23-27-47-81(75)103(83)63-49-51-69(77(57-63)93-99-89(59-29-9-5-10-30-59)97-90(100-93)60-31-11-6-12-32-60)67-39-19-17-37-65(67)66-38-18-20-40-68(66)70-52-50-64(58-78(70)94-101-91(61-33-13-7-14-34-61)98-92(102-94)62-35-15-8-16-36-62)104-82-48-28-24-44-76(82)86-84(104)56-54-74-72-42-22-26-46-80(72)96(3,4)88(74)86/h5-58H,1-4H3. The maximum absolute atomic E-state index is 5.54. The summed E-state index contributed by atoms with van der Waals surface area (Å²) in [6, 6.07) is 117. The molecule has 0 radical (unpaired) electrons. The summed E-state index contributed by atoms with van der Waals surface area (Å²) in [5.41, 5.74) is 27.7. The Bertz CT molecular complexity index is 6010. The molecular formula is C96H66N8. The highest BCUT2D eigenvalue weighted by Crippen LogP contribution is 2.56. The lowest BCUT2D eigenvalue weighted by Crippen LogP contribution is -2.15. The Hall–Kier alpha value is -13.3. The van der Waals surface area contributed by atoms with Gasteiger partial charge >= 0.3 is 0 Å². The number of hydrogen-bond acceptors (Lipinski definition) is 6. The fourth-order valence-electron chi connectivity index (χ4n) is 17.2.